The number of hydrogen-bond donors (Lipinski definition) is 1. The molecular weight excluding hydrogens is 478 g/mol. The smallest absolute Gasteiger partial charge is 0.478 e. The van der Waals surface area contributed by atoms with Crippen LogP contribution in [-0.2, 0) is 29.9 Å². The van der Waals surface area contributed by atoms with Gasteiger partial charge in [-0.1, -0.05) is 48.9 Å². The summed E-state index contributed by atoms with van der Waals surface area (Å²) in [7, 11) is -1.20. The van der Waals surface area contributed by atoms with Gasteiger partial charge in [-0.25, -0.2) is 9.59 Å². The average Bonchev–Trinajstić information content (AvgIpc) is 2.83. The largest absolute Gasteiger partial charge is 0.508 e. The highest BCUT2D eigenvalue weighted by atomic mass is 32.2. The van der Waals surface area contributed by atoms with Crippen molar-refractivity contribution in [3.8, 4) is 0 Å². The second kappa shape index (κ2) is 14.5. The number of hydrogen-bond acceptors (Lipinski definition) is 8. The lowest BCUT2D eigenvalue weighted by Gasteiger charge is -2.14. The second-order valence-corrected chi connectivity index (χ2v) is 8.74. The van der Waals surface area contributed by atoms with Gasteiger partial charge in [-0.15, -0.1) is 10.1 Å². The summed E-state index contributed by atoms with van der Waals surface area (Å²) in [6.07, 6.45) is 3.01. The Morgan fingerprint density at radius 2 is 1.54 bits per heavy atom. The van der Waals surface area contributed by atoms with Crippen LogP contribution in [0.5, 0.6) is 0 Å². The summed E-state index contributed by atoms with van der Waals surface area (Å²) in [6, 6.07) is 15.0. The van der Waals surface area contributed by atoms with Gasteiger partial charge < -0.3 is 19.4 Å². The third kappa shape index (κ3) is 9.57. The van der Waals surface area contributed by atoms with Crippen molar-refractivity contribution in [3.05, 3.63) is 75.8 Å². The van der Waals surface area contributed by atoms with Gasteiger partial charge >= 0.3 is 12.1 Å². The summed E-state index contributed by atoms with van der Waals surface area (Å²) in [5.41, 5.74) is 1.18. The SMILES string of the molecule is CS(=O)c1ccc(/C(COC(=O)OCCCCCCO[N+](=O)[O-])=C(/C(=O)O)c2ccccc2)cc1. The zero-order valence-electron chi connectivity index (χ0n) is 19.2. The zero-order chi connectivity index (χ0) is 25.6. The van der Waals surface area contributed by atoms with E-state index in [9.17, 15) is 29.0 Å². The molecule has 0 saturated carbocycles. The van der Waals surface area contributed by atoms with Crippen molar-refractivity contribution in [2.45, 2.75) is 30.6 Å². The predicted octanol–water partition coefficient (Wildman–Crippen LogP) is 4.34. The van der Waals surface area contributed by atoms with Crippen molar-refractivity contribution in [1.29, 1.82) is 0 Å². The van der Waals surface area contributed by atoms with Crippen LogP contribution in [-0.4, -0.2) is 52.6 Å². The van der Waals surface area contributed by atoms with E-state index in [4.69, 9.17) is 9.47 Å². The van der Waals surface area contributed by atoms with Crippen molar-refractivity contribution >= 4 is 34.1 Å². The fourth-order valence-electron chi connectivity index (χ4n) is 3.20. The van der Waals surface area contributed by atoms with E-state index in [1.165, 1.54) is 6.26 Å². The quantitative estimate of drug-likeness (QED) is 0.0990. The molecule has 2 aromatic carbocycles. The zero-order valence-corrected chi connectivity index (χ0v) is 20.0. The summed E-state index contributed by atoms with van der Waals surface area (Å²) in [6.45, 7) is -0.231. The fourth-order valence-corrected chi connectivity index (χ4v) is 3.72. The van der Waals surface area contributed by atoms with Crippen molar-refractivity contribution < 1.29 is 38.3 Å². The normalized spacial score (nSPS) is 12.3. The van der Waals surface area contributed by atoms with Gasteiger partial charge in [-0.05, 0) is 42.5 Å². The van der Waals surface area contributed by atoms with Gasteiger partial charge in [0.15, 0.2) is 0 Å². The minimum atomic E-state index is -1.20. The molecule has 0 saturated heterocycles. The molecule has 0 heterocycles. The minimum absolute atomic E-state index is 0.0213. The lowest BCUT2D eigenvalue weighted by atomic mass is 9.95. The van der Waals surface area contributed by atoms with Gasteiger partial charge in [0.1, 0.15) is 6.61 Å². The van der Waals surface area contributed by atoms with E-state index in [1.807, 2.05) is 0 Å². The first kappa shape index (κ1) is 27.5. The third-order valence-corrected chi connectivity index (χ3v) is 5.84. The standard InChI is InChI=1S/C24H27NO9S/c1-35(31)20-13-11-18(12-14-20)21(22(23(26)27)19-9-5-4-6-10-19)17-33-24(28)32-15-7-2-3-8-16-34-25(29)30/h4-6,9-14H,2-3,7-8,15-17H2,1H3,(H,26,27)/b22-21+. The Kier molecular flexibility index (Phi) is 11.4. The number of nitrogens with zero attached hydrogens (tertiary/aromatic N) is 1. The van der Waals surface area contributed by atoms with Crippen LogP contribution >= 0.6 is 0 Å². The van der Waals surface area contributed by atoms with Crippen LogP contribution in [0.1, 0.15) is 36.8 Å². The number of carboxylic acid groups (broad SMARTS) is 1. The highest BCUT2D eigenvalue weighted by Crippen LogP contribution is 2.28. The Morgan fingerprint density at radius 3 is 2.11 bits per heavy atom. The maximum Gasteiger partial charge on any atom is 0.508 e. The van der Waals surface area contributed by atoms with Crippen LogP contribution in [0.2, 0.25) is 0 Å². The maximum absolute atomic E-state index is 12.2. The van der Waals surface area contributed by atoms with Crippen LogP contribution in [0, 0.1) is 10.1 Å². The Morgan fingerprint density at radius 1 is 0.914 bits per heavy atom. The molecule has 35 heavy (non-hydrogen) atoms. The maximum atomic E-state index is 12.2. The van der Waals surface area contributed by atoms with E-state index < -0.39 is 28.0 Å². The lowest BCUT2D eigenvalue weighted by Crippen LogP contribution is -2.13. The Balaban J connectivity index is 2.06. The topological polar surface area (TPSA) is 142 Å². The average molecular weight is 506 g/mol. The van der Waals surface area contributed by atoms with Crippen molar-refractivity contribution in [1.82, 2.24) is 0 Å². The van der Waals surface area contributed by atoms with Crippen LogP contribution in [0.15, 0.2) is 59.5 Å². The van der Waals surface area contributed by atoms with Gasteiger partial charge in [-0.2, -0.15) is 0 Å². The lowest BCUT2D eigenvalue weighted by molar-refractivity contribution is -0.757. The molecule has 1 unspecified atom stereocenters. The number of carbonyl (C=O) groups is 2. The van der Waals surface area contributed by atoms with E-state index in [2.05, 4.69) is 4.84 Å². The van der Waals surface area contributed by atoms with Crippen LogP contribution < -0.4 is 0 Å². The number of carbonyl (C=O) groups excluding carboxylic acids is 1. The van der Waals surface area contributed by atoms with Gasteiger partial charge in [0.05, 0.1) is 18.8 Å². The molecule has 1 atom stereocenters. The van der Waals surface area contributed by atoms with Crippen molar-refractivity contribution in [2.75, 3.05) is 26.1 Å². The van der Waals surface area contributed by atoms with E-state index >= 15 is 0 Å². The Hall–Kier alpha value is -3.73. The Bertz CT molecular complexity index is 1050. The van der Waals surface area contributed by atoms with Crippen molar-refractivity contribution in [2.24, 2.45) is 0 Å². The van der Waals surface area contributed by atoms with Crippen molar-refractivity contribution in [3.63, 3.8) is 0 Å². The Labute approximate surface area is 205 Å². The molecule has 11 heteroatoms. The van der Waals surface area contributed by atoms with Crippen LogP contribution in [0.3, 0.4) is 0 Å². The second-order valence-electron chi connectivity index (χ2n) is 7.36. The molecule has 0 fully saturated rings. The number of benzene rings is 2. The molecule has 188 valence electrons. The van der Waals surface area contributed by atoms with Crippen LogP contribution in [0.25, 0.3) is 11.1 Å². The molecule has 2 aromatic rings. The molecule has 0 spiro atoms. The summed E-state index contributed by atoms with van der Waals surface area (Å²) in [5.74, 6) is -1.19. The molecule has 0 aliphatic heterocycles. The first-order valence-electron chi connectivity index (χ1n) is 10.8. The molecule has 1 N–H and O–H groups in total. The van der Waals surface area contributed by atoms with Crippen LogP contribution in [0.4, 0.5) is 4.79 Å². The number of ether oxygens (including phenoxy) is 2. The molecule has 0 amide bonds. The van der Waals surface area contributed by atoms with Gasteiger partial charge in [0.2, 0.25) is 0 Å². The number of aliphatic carboxylic acids is 1. The monoisotopic (exact) mass is 505 g/mol. The molecule has 2 rings (SSSR count). The number of unbranched alkanes of at least 4 members (excludes halogenated alkanes) is 3. The number of carboxylic acids is 1. The highest BCUT2D eigenvalue weighted by molar-refractivity contribution is 7.84. The fraction of sp³-hybridized carbons (Fsp3) is 0.333. The molecule has 0 aliphatic carbocycles. The first-order chi connectivity index (χ1) is 16.8. The minimum Gasteiger partial charge on any atom is -0.478 e. The van der Waals surface area contributed by atoms with E-state index in [0.29, 0.717) is 41.7 Å². The van der Waals surface area contributed by atoms with E-state index in [1.54, 1.807) is 54.6 Å². The molecule has 0 radical (unpaired) electrons. The summed E-state index contributed by atoms with van der Waals surface area (Å²) in [5, 5.41) is 19.2. The summed E-state index contributed by atoms with van der Waals surface area (Å²) >= 11 is 0. The van der Waals surface area contributed by atoms with E-state index in [0.717, 1.165) is 0 Å². The summed E-state index contributed by atoms with van der Waals surface area (Å²) < 4.78 is 22.0. The molecule has 10 nitrogen and oxygen atoms in total. The summed E-state index contributed by atoms with van der Waals surface area (Å²) in [4.78, 5) is 39.2. The highest BCUT2D eigenvalue weighted by Gasteiger charge is 2.20. The van der Waals surface area contributed by atoms with Gasteiger partial charge in [0.25, 0.3) is 5.09 Å². The predicted molar refractivity (Wildman–Crippen MR) is 128 cm³/mol. The number of rotatable bonds is 14. The molecule has 0 bridgehead atoms. The third-order valence-electron chi connectivity index (χ3n) is 4.90. The van der Waals surface area contributed by atoms with Gasteiger partial charge in [-0.3, -0.25) is 4.21 Å². The first-order valence-corrected chi connectivity index (χ1v) is 12.4. The van der Waals surface area contributed by atoms with E-state index in [-0.39, 0.29) is 31.0 Å². The molecular formula is C24H27NO9S. The molecule has 0 aromatic heterocycles. The van der Waals surface area contributed by atoms with Gasteiger partial charge in [0, 0.05) is 27.5 Å². The molecule has 0 aliphatic rings.